The fourth-order valence-corrected chi connectivity index (χ4v) is 3.34. The van der Waals surface area contributed by atoms with E-state index in [2.05, 4.69) is 5.32 Å². The minimum atomic E-state index is -0.665. The van der Waals surface area contributed by atoms with Gasteiger partial charge >= 0.3 is 5.97 Å². The summed E-state index contributed by atoms with van der Waals surface area (Å²) in [5.74, 6) is -0.674. The lowest BCUT2D eigenvalue weighted by molar-refractivity contribution is -0.149. The first-order chi connectivity index (χ1) is 14.6. The van der Waals surface area contributed by atoms with Crippen LogP contribution in [0, 0.1) is 11.3 Å². The molecule has 3 aromatic rings. The molecule has 0 aliphatic rings. The fraction of sp³-hybridized carbons (Fsp3) is 0.0870. The van der Waals surface area contributed by atoms with E-state index in [-0.39, 0.29) is 6.61 Å². The van der Waals surface area contributed by atoms with Crippen molar-refractivity contribution in [3.05, 3.63) is 84.4 Å². The summed E-state index contributed by atoms with van der Waals surface area (Å²) in [6.07, 6.45) is 0. The summed E-state index contributed by atoms with van der Waals surface area (Å²) in [4.78, 5) is 25.9. The van der Waals surface area contributed by atoms with E-state index in [1.165, 1.54) is 11.8 Å². The molecule has 0 spiro atoms. The Hall–Kier alpha value is -3.76. The molecule has 0 fully saturated rings. The summed E-state index contributed by atoms with van der Waals surface area (Å²) >= 11 is 1.53. The minimum absolute atomic E-state index is 0.334. The van der Waals surface area contributed by atoms with Gasteiger partial charge in [0, 0.05) is 9.79 Å². The Labute approximate surface area is 178 Å². The summed E-state index contributed by atoms with van der Waals surface area (Å²) in [7, 11) is 0. The zero-order valence-corrected chi connectivity index (χ0v) is 16.7. The Morgan fingerprint density at radius 1 is 0.900 bits per heavy atom. The second-order valence-corrected chi connectivity index (χ2v) is 7.16. The number of hydrogen-bond donors (Lipinski definition) is 1. The molecule has 0 atom stereocenters. The number of carbonyl (C=O) groups is 2. The average molecular weight is 418 g/mol. The Morgan fingerprint density at radius 2 is 1.60 bits per heavy atom. The van der Waals surface area contributed by atoms with Crippen molar-refractivity contribution in [1.82, 2.24) is 0 Å². The van der Waals surface area contributed by atoms with Gasteiger partial charge in [-0.2, -0.15) is 5.26 Å². The van der Waals surface area contributed by atoms with Crippen molar-refractivity contribution >= 4 is 29.3 Å². The molecular formula is C23H18N2O4S. The third-order valence-electron chi connectivity index (χ3n) is 3.84. The summed E-state index contributed by atoms with van der Waals surface area (Å²) in [6, 6.07) is 25.5. The topological polar surface area (TPSA) is 88.4 Å². The molecule has 150 valence electrons. The number of anilines is 1. The molecule has 0 radical (unpaired) electrons. The van der Waals surface area contributed by atoms with Gasteiger partial charge < -0.3 is 14.8 Å². The molecular weight excluding hydrogens is 400 g/mol. The second-order valence-electron chi connectivity index (χ2n) is 6.04. The number of benzene rings is 3. The maximum atomic E-state index is 12.2. The molecule has 0 aromatic heterocycles. The van der Waals surface area contributed by atoms with Crippen LogP contribution < -0.4 is 10.1 Å². The van der Waals surface area contributed by atoms with Crippen LogP contribution in [0.15, 0.2) is 88.7 Å². The van der Waals surface area contributed by atoms with Crippen LogP contribution in [0.25, 0.3) is 0 Å². The molecule has 6 nitrogen and oxygen atoms in total. The third kappa shape index (κ3) is 6.40. The van der Waals surface area contributed by atoms with Crippen LogP contribution in [-0.4, -0.2) is 25.1 Å². The number of nitrogens with one attached hydrogen (secondary N) is 1. The number of esters is 1. The highest BCUT2D eigenvalue weighted by Crippen LogP contribution is 2.33. The van der Waals surface area contributed by atoms with Crippen LogP contribution in [0.1, 0.15) is 5.56 Å². The van der Waals surface area contributed by atoms with E-state index in [9.17, 15) is 9.59 Å². The maximum absolute atomic E-state index is 12.2. The molecule has 7 heteroatoms. The van der Waals surface area contributed by atoms with Crippen LogP contribution >= 0.6 is 11.8 Å². The lowest BCUT2D eigenvalue weighted by Gasteiger charge is -2.11. The highest BCUT2D eigenvalue weighted by molar-refractivity contribution is 7.99. The van der Waals surface area contributed by atoms with Crippen molar-refractivity contribution in [3.63, 3.8) is 0 Å². The quantitative estimate of drug-likeness (QED) is 0.550. The Bertz CT molecular complexity index is 1050. The van der Waals surface area contributed by atoms with E-state index in [0.29, 0.717) is 17.0 Å². The summed E-state index contributed by atoms with van der Waals surface area (Å²) in [5.41, 5.74) is 1.13. The predicted molar refractivity (Wildman–Crippen MR) is 113 cm³/mol. The molecule has 1 amide bonds. The lowest BCUT2D eigenvalue weighted by atomic mass is 10.2. The standard InChI is InChI=1S/C23H18N2O4S/c24-14-17-10-12-18(13-11-17)28-16-23(27)29-15-22(26)25-20-8-4-5-9-21(20)30-19-6-2-1-3-7-19/h1-13H,15-16H2,(H,25,26). The van der Waals surface area contributed by atoms with E-state index in [0.717, 1.165) is 9.79 Å². The van der Waals surface area contributed by atoms with Crippen molar-refractivity contribution in [2.45, 2.75) is 9.79 Å². The molecule has 30 heavy (non-hydrogen) atoms. The van der Waals surface area contributed by atoms with Crippen LogP contribution in [0.5, 0.6) is 5.75 Å². The highest BCUT2D eigenvalue weighted by atomic mass is 32.2. The number of nitriles is 1. The maximum Gasteiger partial charge on any atom is 0.344 e. The van der Waals surface area contributed by atoms with E-state index in [1.54, 1.807) is 30.3 Å². The van der Waals surface area contributed by atoms with E-state index in [4.69, 9.17) is 14.7 Å². The number of amides is 1. The zero-order chi connectivity index (χ0) is 21.2. The van der Waals surface area contributed by atoms with Crippen molar-refractivity contribution in [1.29, 1.82) is 5.26 Å². The Kier molecular flexibility index (Phi) is 7.47. The van der Waals surface area contributed by atoms with Gasteiger partial charge in [0.05, 0.1) is 17.3 Å². The van der Waals surface area contributed by atoms with Crippen LogP contribution in [0.4, 0.5) is 5.69 Å². The van der Waals surface area contributed by atoms with Crippen LogP contribution in [0.3, 0.4) is 0 Å². The molecule has 0 heterocycles. The second kappa shape index (κ2) is 10.7. The van der Waals surface area contributed by atoms with Gasteiger partial charge in [0.2, 0.25) is 0 Å². The van der Waals surface area contributed by atoms with Gasteiger partial charge in [0.25, 0.3) is 5.91 Å². The monoisotopic (exact) mass is 418 g/mol. The summed E-state index contributed by atoms with van der Waals surface area (Å²) in [5, 5.41) is 11.5. The molecule has 1 N–H and O–H groups in total. The van der Waals surface area contributed by atoms with Crippen LogP contribution in [-0.2, 0) is 14.3 Å². The smallest absolute Gasteiger partial charge is 0.344 e. The van der Waals surface area contributed by atoms with E-state index in [1.807, 2.05) is 54.6 Å². The Balaban J connectivity index is 1.47. The number of carbonyl (C=O) groups excluding carboxylic acids is 2. The average Bonchev–Trinajstić information content (AvgIpc) is 2.78. The highest BCUT2D eigenvalue weighted by Gasteiger charge is 2.11. The summed E-state index contributed by atoms with van der Waals surface area (Å²) in [6.45, 7) is -0.750. The molecule has 0 saturated carbocycles. The zero-order valence-electron chi connectivity index (χ0n) is 15.9. The SMILES string of the molecule is N#Cc1ccc(OCC(=O)OCC(=O)Nc2ccccc2Sc2ccccc2)cc1. The molecule has 0 aliphatic carbocycles. The summed E-state index contributed by atoms with van der Waals surface area (Å²) < 4.78 is 10.3. The lowest BCUT2D eigenvalue weighted by Crippen LogP contribution is -2.23. The molecule has 0 aliphatic heterocycles. The first-order valence-electron chi connectivity index (χ1n) is 9.04. The third-order valence-corrected chi connectivity index (χ3v) is 4.92. The van der Waals surface area contributed by atoms with Crippen molar-refractivity contribution in [2.75, 3.05) is 18.5 Å². The van der Waals surface area contributed by atoms with Crippen molar-refractivity contribution < 1.29 is 19.1 Å². The van der Waals surface area contributed by atoms with Crippen LogP contribution in [0.2, 0.25) is 0 Å². The number of nitrogens with zero attached hydrogens (tertiary/aromatic N) is 1. The molecule has 0 unspecified atom stereocenters. The Morgan fingerprint density at radius 3 is 2.33 bits per heavy atom. The van der Waals surface area contributed by atoms with Gasteiger partial charge in [-0.1, -0.05) is 42.1 Å². The van der Waals surface area contributed by atoms with Gasteiger partial charge in [-0.15, -0.1) is 0 Å². The molecule has 3 aromatic carbocycles. The van der Waals surface area contributed by atoms with Gasteiger partial charge in [-0.25, -0.2) is 4.79 Å². The number of hydrogen-bond acceptors (Lipinski definition) is 6. The largest absolute Gasteiger partial charge is 0.482 e. The minimum Gasteiger partial charge on any atom is -0.482 e. The first-order valence-corrected chi connectivity index (χ1v) is 9.86. The van der Waals surface area contributed by atoms with Crippen molar-refractivity contribution in [2.24, 2.45) is 0 Å². The van der Waals surface area contributed by atoms with Gasteiger partial charge in [0.15, 0.2) is 13.2 Å². The number of rotatable bonds is 8. The molecule has 3 rings (SSSR count). The predicted octanol–water partition coefficient (Wildman–Crippen LogP) is 4.27. The first kappa shape index (κ1) is 21.0. The van der Waals surface area contributed by atoms with Gasteiger partial charge in [-0.3, -0.25) is 4.79 Å². The van der Waals surface area contributed by atoms with E-state index < -0.39 is 18.5 Å². The number of para-hydroxylation sites is 1. The van der Waals surface area contributed by atoms with Crippen molar-refractivity contribution in [3.8, 4) is 11.8 Å². The fourth-order valence-electron chi connectivity index (χ4n) is 2.42. The normalized spacial score (nSPS) is 9.97. The van der Waals surface area contributed by atoms with E-state index >= 15 is 0 Å². The van der Waals surface area contributed by atoms with Gasteiger partial charge in [-0.05, 0) is 48.5 Å². The molecule has 0 saturated heterocycles. The number of ether oxygens (including phenoxy) is 2. The van der Waals surface area contributed by atoms with Gasteiger partial charge in [0.1, 0.15) is 5.75 Å². The molecule has 0 bridgehead atoms.